The molecule has 0 fully saturated rings. The van der Waals surface area contributed by atoms with Crippen molar-refractivity contribution in [2.75, 3.05) is 0 Å². The summed E-state index contributed by atoms with van der Waals surface area (Å²) in [7, 11) is 17.4. The topological polar surface area (TPSA) is 0 Å². The first kappa shape index (κ1) is 35.9. The summed E-state index contributed by atoms with van der Waals surface area (Å²) in [5.74, 6) is -0.781. The molecule has 0 amide bonds. The molecule has 4 aromatic rings. The van der Waals surface area contributed by atoms with Crippen LogP contribution in [0, 0.1) is 5.92 Å². The van der Waals surface area contributed by atoms with Crippen molar-refractivity contribution in [3.05, 3.63) is 129 Å². The van der Waals surface area contributed by atoms with Gasteiger partial charge in [0.05, 0.1) is 0 Å². The normalized spacial score (nSPS) is 18.5. The molecule has 0 spiro atoms. The number of hydrogen-bond acceptors (Lipinski definition) is 0. The number of halogens is 2. The van der Waals surface area contributed by atoms with Crippen LogP contribution in [0.4, 0.5) is 0 Å². The van der Waals surface area contributed by atoms with Gasteiger partial charge < -0.3 is 0 Å². The van der Waals surface area contributed by atoms with E-state index in [0.717, 1.165) is 6.42 Å². The maximum atomic E-state index is 8.69. The molecule has 0 saturated carbocycles. The summed E-state index contributed by atoms with van der Waals surface area (Å²) in [6.07, 6.45) is 5.92. The van der Waals surface area contributed by atoms with Crippen LogP contribution in [0.15, 0.2) is 96.1 Å². The fraction of sp³-hybridized carbons (Fsp3) is 0.364. The van der Waals surface area contributed by atoms with Gasteiger partial charge in [0.2, 0.25) is 0 Å². The first-order valence-electron chi connectivity index (χ1n) is 18.0. The molecule has 2 aliphatic rings. The van der Waals surface area contributed by atoms with Gasteiger partial charge in [-0.3, -0.25) is 0 Å². The van der Waals surface area contributed by atoms with E-state index in [9.17, 15) is 0 Å². The van der Waals surface area contributed by atoms with Gasteiger partial charge in [-0.25, -0.2) is 0 Å². The van der Waals surface area contributed by atoms with Crippen LogP contribution in [0.5, 0.6) is 0 Å². The van der Waals surface area contributed by atoms with Gasteiger partial charge in [0.15, 0.2) is 0 Å². The van der Waals surface area contributed by atoms with Gasteiger partial charge in [-0.2, -0.15) is 0 Å². The Morgan fingerprint density at radius 3 is 1.62 bits per heavy atom. The zero-order valence-electron chi connectivity index (χ0n) is 30.6. The molecule has 0 nitrogen and oxygen atoms in total. The van der Waals surface area contributed by atoms with Crippen molar-refractivity contribution >= 4 is 35.1 Å². The second-order valence-electron chi connectivity index (χ2n) is 16.3. The number of benzene rings is 4. The second-order valence-corrected chi connectivity index (χ2v) is 58.8. The van der Waals surface area contributed by atoms with Crippen LogP contribution in [0.3, 0.4) is 0 Å². The molecular weight excluding hydrogens is 719 g/mol. The first-order valence-corrected chi connectivity index (χ1v) is 34.3. The Labute approximate surface area is 299 Å². The van der Waals surface area contributed by atoms with E-state index in [2.05, 4.69) is 166 Å². The summed E-state index contributed by atoms with van der Waals surface area (Å²) in [6, 6.07) is 32.1. The van der Waals surface area contributed by atoms with Gasteiger partial charge in [-0.15, -0.1) is 0 Å². The van der Waals surface area contributed by atoms with Crippen molar-refractivity contribution in [3.8, 4) is 22.3 Å². The molecule has 2 atom stereocenters. The fourth-order valence-corrected chi connectivity index (χ4v) is 40.1. The SMILES string of the molecule is CCC1=Cc2c(-c3ccc(C(C)C)cc3)cccc2[CH]1[Zr]([Cl])([Cl])([CH]1C(C(C)C)=Cc2c(-c3ccc(C(C)(C)C)cc3)cccc21)[SiH](C)C. The molecule has 6 rings (SSSR count). The third-order valence-corrected chi connectivity index (χ3v) is 63.2. The van der Waals surface area contributed by atoms with Crippen molar-refractivity contribution in [3.63, 3.8) is 0 Å². The molecule has 0 N–H and O–H groups in total. The van der Waals surface area contributed by atoms with E-state index < -0.39 is 21.5 Å². The zero-order chi connectivity index (χ0) is 34.8. The van der Waals surface area contributed by atoms with Crippen molar-refractivity contribution in [1.82, 2.24) is 0 Å². The van der Waals surface area contributed by atoms with Crippen molar-refractivity contribution in [1.29, 1.82) is 0 Å². The van der Waals surface area contributed by atoms with Crippen LogP contribution in [-0.4, -0.2) is 5.92 Å². The predicted molar refractivity (Wildman–Crippen MR) is 214 cm³/mol. The fourth-order valence-electron chi connectivity index (χ4n) is 8.50. The minimum absolute atomic E-state index is 0.0881. The van der Waals surface area contributed by atoms with Gasteiger partial charge >= 0.3 is 302 Å². The van der Waals surface area contributed by atoms with Gasteiger partial charge in [0.1, 0.15) is 0 Å². The van der Waals surface area contributed by atoms with Crippen molar-refractivity contribution in [2.24, 2.45) is 5.92 Å². The van der Waals surface area contributed by atoms with Gasteiger partial charge in [-0.05, 0) is 0 Å². The molecule has 0 heterocycles. The molecule has 251 valence electrons. The molecule has 2 unspecified atom stereocenters. The predicted octanol–water partition coefficient (Wildman–Crippen LogP) is 14.1. The first-order chi connectivity index (χ1) is 22.6. The number of allylic oxidation sites excluding steroid dienone is 2. The maximum absolute atomic E-state index is 8.69. The molecule has 0 radical (unpaired) electrons. The molecule has 0 saturated heterocycles. The van der Waals surface area contributed by atoms with E-state index in [-0.39, 0.29) is 12.7 Å². The van der Waals surface area contributed by atoms with Crippen LogP contribution in [0.1, 0.15) is 108 Å². The zero-order valence-corrected chi connectivity index (χ0v) is 35.7. The Bertz CT molecular complexity index is 1900. The number of rotatable bonds is 8. The summed E-state index contributed by atoms with van der Waals surface area (Å²) < 4.78 is 0.189. The second kappa shape index (κ2) is 13.0. The van der Waals surface area contributed by atoms with Gasteiger partial charge in [0.25, 0.3) is 0 Å². The van der Waals surface area contributed by atoms with Crippen LogP contribution in [0.2, 0.25) is 13.1 Å². The molecule has 2 aliphatic carbocycles. The minimum atomic E-state index is -4.84. The van der Waals surface area contributed by atoms with Gasteiger partial charge in [-0.1, -0.05) is 0 Å². The third kappa shape index (κ3) is 5.86. The van der Waals surface area contributed by atoms with Crippen molar-refractivity contribution in [2.45, 2.75) is 93.5 Å². The Morgan fingerprint density at radius 1 is 0.667 bits per heavy atom. The van der Waals surface area contributed by atoms with E-state index in [0.29, 0.717) is 11.8 Å². The third-order valence-electron chi connectivity index (χ3n) is 11.5. The summed E-state index contributed by atoms with van der Waals surface area (Å²) in [5.41, 5.74) is 16.2. The van der Waals surface area contributed by atoms with E-state index in [1.807, 2.05) is 0 Å². The summed E-state index contributed by atoms with van der Waals surface area (Å²) in [6.45, 7) is 23.2. The molecule has 0 aromatic heterocycles. The Balaban J connectivity index is 1.54. The average molecular weight is 772 g/mol. The Kier molecular flexibility index (Phi) is 9.69. The number of hydrogen-bond donors (Lipinski definition) is 0. The van der Waals surface area contributed by atoms with E-state index in [1.54, 1.807) is 0 Å². The summed E-state index contributed by atoms with van der Waals surface area (Å²) in [4.78, 5) is 0. The quantitative estimate of drug-likeness (QED) is 0.157. The monoisotopic (exact) mass is 769 g/mol. The standard InChI is InChI=1S/C22H25.C20H21.C2H7Si.2ClH.Zr/c1-15(2)18-13-17-7-6-8-20(21(17)14-18)16-9-11-19(12-10-16)22(3,4)5;1-4-15-12-18-6-5-7-19(20(18)13-15)17-10-8-16(9-11-17)14(2)3;1-3-2;;;/h6-15H,1-5H3;5-14H,4H2,1-3H3;3H,1-2H3;2*1H;/q;;;;;+2/p-2. The molecule has 4 heteroatoms. The summed E-state index contributed by atoms with van der Waals surface area (Å²) in [5, 5.41) is 0. The molecule has 4 aromatic carbocycles. The Hall–Kier alpha value is -1.96. The van der Waals surface area contributed by atoms with Crippen molar-refractivity contribution < 1.29 is 15.6 Å². The number of fused-ring (bicyclic) bond motifs is 2. The van der Waals surface area contributed by atoms with E-state index >= 15 is 0 Å². The van der Waals surface area contributed by atoms with Crippen LogP contribution in [0.25, 0.3) is 34.4 Å². The molecule has 0 bridgehead atoms. The Morgan fingerprint density at radius 2 is 1.17 bits per heavy atom. The van der Waals surface area contributed by atoms with Crippen LogP contribution >= 0.6 is 17.0 Å². The van der Waals surface area contributed by atoms with E-state index in [1.165, 1.54) is 66.8 Å². The van der Waals surface area contributed by atoms with Crippen LogP contribution < -0.4 is 0 Å². The average Bonchev–Trinajstić information content (AvgIpc) is 3.65. The molecular formula is C44H53Cl2SiZr. The van der Waals surface area contributed by atoms with Gasteiger partial charge in [0, 0.05) is 0 Å². The van der Waals surface area contributed by atoms with E-state index in [4.69, 9.17) is 17.0 Å². The molecule has 48 heavy (non-hydrogen) atoms. The van der Waals surface area contributed by atoms with Crippen LogP contribution in [-0.2, 0) is 21.0 Å². The molecule has 0 aliphatic heterocycles. The summed E-state index contributed by atoms with van der Waals surface area (Å²) >= 11 is -4.84.